The second-order valence-electron chi connectivity index (χ2n) is 6.92. The largest absolute Gasteiger partial charge is 0.496 e. The molecule has 0 fully saturated rings. The van der Waals surface area contributed by atoms with Gasteiger partial charge in [-0.05, 0) is 41.3 Å². The maximum atomic E-state index is 5.55. The number of hydrogen-bond donors (Lipinski definition) is 0. The van der Waals surface area contributed by atoms with Crippen molar-refractivity contribution in [3.05, 3.63) is 83.9 Å². The SMILES string of the molecule is CCn1c(SC2c3ccccc3-c3ccccc32)nnc1-c1ccccc1OC. The van der Waals surface area contributed by atoms with E-state index < -0.39 is 0 Å². The number of thioether (sulfide) groups is 1. The second-order valence-corrected chi connectivity index (χ2v) is 8.00. The Hall–Kier alpha value is -3.05. The number of methoxy groups -OCH3 is 1. The zero-order valence-corrected chi connectivity index (χ0v) is 17.2. The first-order valence-electron chi connectivity index (χ1n) is 9.73. The monoisotopic (exact) mass is 399 g/mol. The lowest BCUT2D eigenvalue weighted by atomic mass is 10.1. The van der Waals surface area contributed by atoms with Crippen LogP contribution in [0.25, 0.3) is 22.5 Å². The molecule has 0 N–H and O–H groups in total. The number of nitrogens with zero attached hydrogens (tertiary/aromatic N) is 3. The van der Waals surface area contributed by atoms with E-state index in [2.05, 4.69) is 70.2 Å². The highest BCUT2D eigenvalue weighted by Crippen LogP contribution is 2.52. The predicted octanol–water partition coefficient (Wildman–Crippen LogP) is 5.84. The highest BCUT2D eigenvalue weighted by molar-refractivity contribution is 7.99. The smallest absolute Gasteiger partial charge is 0.192 e. The van der Waals surface area contributed by atoms with E-state index in [1.54, 1.807) is 18.9 Å². The first kappa shape index (κ1) is 18.0. The van der Waals surface area contributed by atoms with Gasteiger partial charge in [0.1, 0.15) is 5.75 Å². The Morgan fingerprint density at radius 1 is 0.828 bits per heavy atom. The minimum atomic E-state index is 0.211. The van der Waals surface area contributed by atoms with Crippen LogP contribution in [-0.2, 0) is 6.54 Å². The Balaban J connectivity index is 1.58. The molecule has 1 aliphatic carbocycles. The van der Waals surface area contributed by atoms with Gasteiger partial charge in [0.25, 0.3) is 0 Å². The molecule has 1 aliphatic rings. The predicted molar refractivity (Wildman–Crippen MR) is 117 cm³/mol. The molecule has 4 aromatic rings. The van der Waals surface area contributed by atoms with E-state index in [9.17, 15) is 0 Å². The maximum absolute atomic E-state index is 5.55. The molecule has 29 heavy (non-hydrogen) atoms. The molecule has 1 aromatic heterocycles. The van der Waals surface area contributed by atoms with Crippen molar-refractivity contribution in [2.24, 2.45) is 0 Å². The minimum Gasteiger partial charge on any atom is -0.496 e. The van der Waals surface area contributed by atoms with Crippen LogP contribution >= 0.6 is 11.8 Å². The summed E-state index contributed by atoms with van der Waals surface area (Å²) in [6, 6.07) is 25.3. The van der Waals surface area contributed by atoms with Crippen molar-refractivity contribution in [1.82, 2.24) is 14.8 Å². The minimum absolute atomic E-state index is 0.211. The molecule has 5 heteroatoms. The number of ether oxygens (including phenoxy) is 1. The fourth-order valence-corrected chi connectivity index (χ4v) is 5.34. The molecule has 1 heterocycles. The van der Waals surface area contributed by atoms with Gasteiger partial charge in [0.05, 0.1) is 17.9 Å². The van der Waals surface area contributed by atoms with Crippen molar-refractivity contribution in [2.75, 3.05) is 7.11 Å². The van der Waals surface area contributed by atoms with Crippen molar-refractivity contribution in [1.29, 1.82) is 0 Å². The van der Waals surface area contributed by atoms with Crippen LogP contribution in [0.5, 0.6) is 5.75 Å². The van der Waals surface area contributed by atoms with Crippen LogP contribution in [0.2, 0.25) is 0 Å². The van der Waals surface area contributed by atoms with Gasteiger partial charge in [-0.2, -0.15) is 0 Å². The number of para-hydroxylation sites is 1. The molecule has 0 atom stereocenters. The molecule has 5 rings (SSSR count). The Kier molecular flexibility index (Phi) is 4.60. The number of benzene rings is 3. The summed E-state index contributed by atoms with van der Waals surface area (Å²) < 4.78 is 7.72. The Bertz CT molecular complexity index is 1140. The van der Waals surface area contributed by atoms with Crippen LogP contribution < -0.4 is 4.74 Å². The summed E-state index contributed by atoms with van der Waals surface area (Å²) in [7, 11) is 1.69. The van der Waals surface area contributed by atoms with E-state index in [-0.39, 0.29) is 5.25 Å². The molecule has 0 spiro atoms. The molecule has 4 nitrogen and oxygen atoms in total. The average Bonchev–Trinajstić information content (AvgIpc) is 3.33. The third kappa shape index (κ3) is 2.93. The molecule has 0 aliphatic heterocycles. The van der Waals surface area contributed by atoms with Crippen molar-refractivity contribution in [3.63, 3.8) is 0 Å². The number of aromatic nitrogens is 3. The van der Waals surface area contributed by atoms with Gasteiger partial charge >= 0.3 is 0 Å². The van der Waals surface area contributed by atoms with Crippen LogP contribution in [0, 0.1) is 0 Å². The molecular formula is C24H21N3OS. The van der Waals surface area contributed by atoms with E-state index in [4.69, 9.17) is 4.74 Å². The summed E-state index contributed by atoms with van der Waals surface area (Å²) in [5, 5.41) is 10.2. The quantitative estimate of drug-likeness (QED) is 0.423. The van der Waals surface area contributed by atoms with Crippen LogP contribution in [-0.4, -0.2) is 21.9 Å². The zero-order valence-electron chi connectivity index (χ0n) is 16.4. The summed E-state index contributed by atoms with van der Waals surface area (Å²) in [6.07, 6.45) is 0. The van der Waals surface area contributed by atoms with Crippen molar-refractivity contribution in [2.45, 2.75) is 23.9 Å². The highest BCUT2D eigenvalue weighted by atomic mass is 32.2. The lowest BCUT2D eigenvalue weighted by molar-refractivity contribution is 0.416. The number of fused-ring (bicyclic) bond motifs is 3. The van der Waals surface area contributed by atoms with Gasteiger partial charge in [0.15, 0.2) is 11.0 Å². The standard InChI is InChI=1S/C24H21N3OS/c1-3-27-23(20-14-8-9-15-21(20)28-2)25-26-24(27)29-22-18-12-6-4-10-16(18)17-11-5-7-13-19(17)22/h4-15,22H,3H2,1-2H3. The topological polar surface area (TPSA) is 39.9 Å². The Labute approximate surface area is 174 Å². The Morgan fingerprint density at radius 2 is 1.41 bits per heavy atom. The molecule has 0 radical (unpaired) electrons. The fourth-order valence-electron chi connectivity index (χ4n) is 4.03. The summed E-state index contributed by atoms with van der Waals surface area (Å²) in [5.74, 6) is 1.65. The van der Waals surface area contributed by atoms with E-state index >= 15 is 0 Å². The normalized spacial score (nSPS) is 12.6. The lowest BCUT2D eigenvalue weighted by Gasteiger charge is -2.14. The van der Waals surface area contributed by atoms with Gasteiger partial charge in [-0.3, -0.25) is 0 Å². The first-order chi connectivity index (χ1) is 14.3. The number of hydrogen-bond acceptors (Lipinski definition) is 4. The molecule has 0 unspecified atom stereocenters. The van der Waals surface area contributed by atoms with E-state index in [1.807, 2.05) is 24.3 Å². The van der Waals surface area contributed by atoms with Crippen LogP contribution in [0.3, 0.4) is 0 Å². The van der Waals surface area contributed by atoms with Gasteiger partial charge in [-0.15, -0.1) is 10.2 Å². The van der Waals surface area contributed by atoms with Crippen LogP contribution in [0.4, 0.5) is 0 Å². The first-order valence-corrected chi connectivity index (χ1v) is 10.6. The highest BCUT2D eigenvalue weighted by Gasteiger charge is 2.30. The fraction of sp³-hybridized carbons (Fsp3) is 0.167. The molecule has 144 valence electrons. The van der Waals surface area contributed by atoms with Gasteiger partial charge in [0.2, 0.25) is 0 Å². The summed E-state index contributed by atoms with van der Waals surface area (Å²) in [4.78, 5) is 0. The third-order valence-corrected chi connectivity index (χ3v) is 6.64. The number of rotatable bonds is 5. The average molecular weight is 400 g/mol. The zero-order chi connectivity index (χ0) is 19.8. The maximum Gasteiger partial charge on any atom is 0.192 e. The molecule has 0 saturated heterocycles. The van der Waals surface area contributed by atoms with Crippen molar-refractivity contribution in [3.8, 4) is 28.3 Å². The van der Waals surface area contributed by atoms with Crippen LogP contribution in [0.15, 0.2) is 78.0 Å². The molecule has 0 bridgehead atoms. The molecule has 3 aromatic carbocycles. The van der Waals surface area contributed by atoms with Crippen molar-refractivity contribution >= 4 is 11.8 Å². The second kappa shape index (κ2) is 7.41. The van der Waals surface area contributed by atoms with Crippen LogP contribution in [0.1, 0.15) is 23.3 Å². The molecule has 0 saturated carbocycles. The molecule has 0 amide bonds. The van der Waals surface area contributed by atoms with E-state index in [0.717, 1.165) is 28.8 Å². The van der Waals surface area contributed by atoms with Crippen molar-refractivity contribution < 1.29 is 4.74 Å². The van der Waals surface area contributed by atoms with E-state index in [1.165, 1.54) is 22.3 Å². The summed E-state index contributed by atoms with van der Waals surface area (Å²) in [6.45, 7) is 2.92. The van der Waals surface area contributed by atoms with E-state index in [0.29, 0.717) is 0 Å². The summed E-state index contributed by atoms with van der Waals surface area (Å²) >= 11 is 1.77. The third-order valence-electron chi connectivity index (χ3n) is 5.38. The van der Waals surface area contributed by atoms with Gasteiger partial charge in [-0.1, -0.05) is 72.4 Å². The lowest BCUT2D eigenvalue weighted by Crippen LogP contribution is -2.02. The van der Waals surface area contributed by atoms with Gasteiger partial charge < -0.3 is 9.30 Å². The Morgan fingerprint density at radius 3 is 2.03 bits per heavy atom. The van der Waals surface area contributed by atoms with Gasteiger partial charge in [0, 0.05) is 6.54 Å². The van der Waals surface area contributed by atoms with Gasteiger partial charge in [-0.25, -0.2) is 0 Å². The summed E-state index contributed by atoms with van der Waals surface area (Å²) in [5.41, 5.74) is 6.26. The molecular weight excluding hydrogens is 378 g/mol.